The summed E-state index contributed by atoms with van der Waals surface area (Å²) in [5, 5.41) is 45.4. The van der Waals surface area contributed by atoms with Crippen LogP contribution < -0.4 is 42.5 Å². The molecule has 2 aliphatic rings. The second kappa shape index (κ2) is 42.8. The summed E-state index contributed by atoms with van der Waals surface area (Å²) in [6.45, 7) is 14.4. The summed E-state index contributed by atoms with van der Waals surface area (Å²) in [7, 11) is 5.37. The Morgan fingerprint density at radius 2 is 0.748 bits per heavy atom. The molecule has 668 valence electrons. The third-order valence-corrected chi connectivity index (χ3v) is 22.4. The van der Waals surface area contributed by atoms with E-state index in [0.717, 1.165) is 106 Å². The Labute approximate surface area is 775 Å². The van der Waals surface area contributed by atoms with Crippen LogP contribution in [0.2, 0.25) is 20.1 Å². The van der Waals surface area contributed by atoms with Gasteiger partial charge in [-0.3, -0.25) is 28.9 Å². The van der Waals surface area contributed by atoms with Gasteiger partial charge in [-0.05, 0) is 207 Å². The predicted octanol–water partition coefficient (Wildman–Crippen LogP) is 16.9. The summed E-state index contributed by atoms with van der Waals surface area (Å²) in [6.07, 6.45) is 0. The molecule has 0 radical (unpaired) electrons. The number of aromatic nitrogens is 12. The first kappa shape index (κ1) is 91.5. The molecular formula is C97H95Cl4N23O7. The number of ether oxygens (including phenoxy) is 2. The smallest absolute Gasteiger partial charge is 0.254 e. The van der Waals surface area contributed by atoms with E-state index in [-0.39, 0.29) is 47.5 Å². The van der Waals surface area contributed by atoms with E-state index >= 15 is 0 Å². The Morgan fingerprint density at radius 3 is 1.08 bits per heavy atom. The van der Waals surface area contributed by atoms with E-state index in [4.69, 9.17) is 55.9 Å². The Balaban J connectivity index is 0.000000134. The van der Waals surface area contributed by atoms with Crippen LogP contribution in [0.1, 0.15) is 62.2 Å². The molecule has 16 aromatic rings. The number of nitrogens with zero attached hydrogens (tertiary/aromatic N) is 15. The number of carbonyl (C=O) groups excluding carboxylic acids is 5. The zero-order chi connectivity index (χ0) is 91.5. The molecule has 5 amide bonds. The molecule has 0 bridgehead atoms. The molecule has 8 aromatic carbocycles. The van der Waals surface area contributed by atoms with Crippen molar-refractivity contribution in [2.24, 2.45) is 5.41 Å². The number of piperazine rings is 2. The number of likely N-dealkylation sites (N-methyl/N-ethyl adjacent to an activating group) is 1. The van der Waals surface area contributed by atoms with Gasteiger partial charge in [0.05, 0.1) is 48.6 Å². The van der Waals surface area contributed by atoms with Crippen molar-refractivity contribution in [3.8, 4) is 45.0 Å². The summed E-state index contributed by atoms with van der Waals surface area (Å²) >= 11 is 24.6. The van der Waals surface area contributed by atoms with Gasteiger partial charge in [-0.2, -0.15) is 19.9 Å². The maximum absolute atomic E-state index is 12.7. The minimum atomic E-state index is -0.164. The number of methoxy groups -OCH3 is 2. The Kier molecular flexibility index (Phi) is 29.9. The number of nitrogens with one attached hydrogen (secondary N) is 8. The molecule has 1 atom stereocenters. The number of amides is 5. The van der Waals surface area contributed by atoms with E-state index in [1.807, 2.05) is 206 Å². The molecule has 30 nitrogen and oxygen atoms in total. The van der Waals surface area contributed by atoms with E-state index in [9.17, 15) is 24.0 Å². The zero-order valence-corrected chi connectivity index (χ0v) is 75.6. The van der Waals surface area contributed by atoms with Crippen molar-refractivity contribution in [2.45, 2.75) is 26.8 Å². The van der Waals surface area contributed by atoms with E-state index in [0.29, 0.717) is 122 Å². The summed E-state index contributed by atoms with van der Waals surface area (Å²) in [4.78, 5) is 86.0. The number of pyridine rings is 4. The van der Waals surface area contributed by atoms with E-state index in [2.05, 4.69) is 120 Å². The highest BCUT2D eigenvalue weighted by Gasteiger charge is 2.28. The van der Waals surface area contributed by atoms with Crippen LogP contribution in [-0.2, 0) is 14.3 Å². The van der Waals surface area contributed by atoms with Crippen molar-refractivity contribution in [3.05, 3.63) is 309 Å². The van der Waals surface area contributed by atoms with Crippen molar-refractivity contribution in [3.63, 3.8) is 0 Å². The van der Waals surface area contributed by atoms with Crippen LogP contribution in [0.4, 0.5) is 46.5 Å². The van der Waals surface area contributed by atoms with Crippen molar-refractivity contribution in [2.75, 3.05) is 121 Å². The number of benzene rings is 8. The first-order valence-electron chi connectivity index (χ1n) is 42.3. The lowest BCUT2D eigenvalue weighted by atomic mass is 9.87. The monoisotopic (exact) mass is 1830 g/mol. The standard InChI is InChI=1S/C26H28ClN7O.C26H28ClN5O2.C23H19ClN6O2.C22H20ClN5O2/c1-32-14-16-33(17-15-32)13-12-28-25(35)19-8-10-22(11-9-19)29-26-30-24-7-3-6-23(34(24)31-26)20-4-2-5-21(27)18-20;1-26(2,3)22(16-34-4)29-24(33)17-11-13-20(14-12-17)28-25-30-23-10-6-9-21(32(23)31-25)18-7-5-8-19(27)15-18;24-17-4-1-3-16(13-17)19-5-2-6-20-27-23(28-30(19)20)26-18-9-7-15(8-10-18)22(32)29-12-11-25-21(31)14-29;1-30-13-12-24-21(29)15-8-10-18(11-9-15)25-22-26-20-7-3-6-19(28(20)27-22)16-4-2-5-17(23)14-16/h2-11,18H,12-17H2,1H3,(H,28,35)(H,29,31);5-15,22H,16H2,1-4H3,(H,28,31)(H,29,33);1-10,13H,11-12,14H2,(H,25,31)(H,26,28);2-11,14H,12-13H2,1H3,(H,24,29)(H,25,27)/t;22-;;/m.1../s1. The van der Waals surface area contributed by atoms with Gasteiger partial charge in [0.15, 0.2) is 22.6 Å². The van der Waals surface area contributed by atoms with E-state index < -0.39 is 0 Å². The number of fused-ring (bicyclic) bond motifs is 4. The van der Waals surface area contributed by atoms with Crippen LogP contribution in [0.3, 0.4) is 0 Å². The summed E-state index contributed by atoms with van der Waals surface area (Å²) in [5.41, 5.74) is 15.5. The highest BCUT2D eigenvalue weighted by atomic mass is 35.5. The van der Waals surface area contributed by atoms with Crippen LogP contribution in [0.15, 0.2) is 267 Å². The fraction of sp³-hybridized carbons (Fsp3) is 0.206. The molecule has 0 aliphatic carbocycles. The highest BCUT2D eigenvalue weighted by Crippen LogP contribution is 2.32. The normalized spacial score (nSPS) is 13.1. The van der Waals surface area contributed by atoms with Gasteiger partial charge in [-0.1, -0.05) is 140 Å². The van der Waals surface area contributed by atoms with E-state index in [1.165, 1.54) is 0 Å². The molecule has 2 aliphatic heterocycles. The Morgan fingerprint density at radius 1 is 0.412 bits per heavy atom. The third-order valence-electron chi connectivity index (χ3n) is 21.4. The quantitative estimate of drug-likeness (QED) is 0.0246. The molecule has 8 N–H and O–H groups in total. The van der Waals surface area contributed by atoms with Gasteiger partial charge >= 0.3 is 0 Å². The third kappa shape index (κ3) is 24.0. The van der Waals surface area contributed by atoms with Gasteiger partial charge in [-0.25, -0.2) is 18.1 Å². The van der Waals surface area contributed by atoms with E-state index in [1.54, 1.807) is 97.8 Å². The summed E-state index contributed by atoms with van der Waals surface area (Å²) in [5.74, 6) is 1.18. The van der Waals surface area contributed by atoms with Gasteiger partial charge in [0.1, 0.15) is 0 Å². The molecule has 2 fully saturated rings. The van der Waals surface area contributed by atoms with Crippen molar-refractivity contribution >= 4 is 145 Å². The van der Waals surface area contributed by atoms with Crippen LogP contribution in [0.25, 0.3) is 67.6 Å². The first-order chi connectivity index (χ1) is 63.5. The summed E-state index contributed by atoms with van der Waals surface area (Å²) in [6, 6.07) is 82.2. The number of halogens is 4. The van der Waals surface area contributed by atoms with Crippen molar-refractivity contribution in [1.82, 2.24) is 94.4 Å². The highest BCUT2D eigenvalue weighted by molar-refractivity contribution is 6.32. The largest absolute Gasteiger partial charge is 0.383 e. The molecule has 8 aromatic heterocycles. The average molecular weight is 1840 g/mol. The van der Waals surface area contributed by atoms with Crippen molar-refractivity contribution in [1.29, 1.82) is 0 Å². The van der Waals surface area contributed by atoms with Gasteiger partial charge in [0, 0.05) is 160 Å². The Hall–Kier alpha value is -14.2. The lowest BCUT2D eigenvalue weighted by Gasteiger charge is -2.32. The van der Waals surface area contributed by atoms with Gasteiger partial charge in [0.25, 0.3) is 23.6 Å². The van der Waals surface area contributed by atoms with Crippen LogP contribution in [0, 0.1) is 5.41 Å². The molecule has 2 saturated heterocycles. The number of carbonyl (C=O) groups is 5. The molecule has 0 saturated carbocycles. The molecule has 131 heavy (non-hydrogen) atoms. The van der Waals surface area contributed by atoms with Crippen LogP contribution in [-0.4, -0.2) is 209 Å². The lowest BCUT2D eigenvalue weighted by molar-refractivity contribution is -0.123. The predicted molar refractivity (Wildman–Crippen MR) is 515 cm³/mol. The van der Waals surface area contributed by atoms with Gasteiger partial charge in [-0.15, -0.1) is 20.4 Å². The maximum atomic E-state index is 12.7. The average Bonchev–Trinajstić information content (AvgIpc) is 1.67. The molecule has 0 spiro atoms. The number of rotatable bonds is 25. The minimum absolute atomic E-state index is 0.0669. The summed E-state index contributed by atoms with van der Waals surface area (Å²) < 4.78 is 17.3. The lowest BCUT2D eigenvalue weighted by Crippen LogP contribution is -2.49. The number of anilines is 8. The topological polar surface area (TPSA) is 331 Å². The second-order valence-electron chi connectivity index (χ2n) is 31.9. The molecule has 10 heterocycles. The van der Waals surface area contributed by atoms with Crippen LogP contribution >= 0.6 is 46.4 Å². The number of hydrogen-bond acceptors (Lipinski definition) is 21. The first-order valence-corrected chi connectivity index (χ1v) is 43.8. The van der Waals surface area contributed by atoms with Crippen molar-refractivity contribution < 1.29 is 33.4 Å². The fourth-order valence-electron chi connectivity index (χ4n) is 14.4. The molecule has 0 unspecified atom stereocenters. The minimum Gasteiger partial charge on any atom is -0.383 e. The van der Waals surface area contributed by atoms with Crippen LogP contribution in [0.5, 0.6) is 0 Å². The molecular weight excluding hydrogens is 1740 g/mol. The second-order valence-corrected chi connectivity index (χ2v) is 33.6. The zero-order valence-electron chi connectivity index (χ0n) is 72.5. The number of hydrogen-bond donors (Lipinski definition) is 8. The van der Waals surface area contributed by atoms with Gasteiger partial charge < -0.3 is 61.8 Å². The molecule has 34 heteroatoms. The SMILES string of the molecule is CN1CCN(CCNC(=O)c2ccc(Nc3nc4cccc(-c5cccc(Cl)c5)n4n3)cc2)CC1.COCCNC(=O)c1ccc(Nc2nc3cccc(-c4cccc(Cl)c4)n3n2)cc1.COC[C@@H](NC(=O)c1ccc(Nc2nc3cccc(-c4cccc(Cl)c4)n3n2)cc1)C(C)(C)C.O=C1CN(C(=O)c2ccc(Nc3nc4cccc(-c5cccc(Cl)c5)n4n3)cc2)CCN1. The Bertz CT molecular complexity index is 6700. The van der Waals surface area contributed by atoms with Gasteiger partial charge in [0.2, 0.25) is 29.7 Å². The fourth-order valence-corrected chi connectivity index (χ4v) is 15.2. The maximum Gasteiger partial charge on any atom is 0.254 e. The molecule has 18 rings (SSSR count).